The molecule has 5 nitrogen and oxygen atoms in total. The largest absolute Gasteiger partial charge is 0.309 e. The minimum Gasteiger partial charge on any atom is -0.309 e. The van der Waals surface area contributed by atoms with Crippen LogP contribution in [0.4, 0.5) is 5.82 Å². The van der Waals surface area contributed by atoms with Gasteiger partial charge in [0.15, 0.2) is 5.82 Å². The van der Waals surface area contributed by atoms with Gasteiger partial charge in [-0.1, -0.05) is 42.0 Å². The van der Waals surface area contributed by atoms with Crippen LogP contribution in [0.2, 0.25) is 0 Å². The molecule has 150 valence electrons. The molecule has 1 saturated carbocycles. The summed E-state index contributed by atoms with van der Waals surface area (Å²) in [5.74, 6) is 1.61. The fraction of sp³-hybridized carbons (Fsp3) is 0.240. The highest BCUT2D eigenvalue weighted by molar-refractivity contribution is 5.92. The Kier molecular flexibility index (Phi) is 4.79. The van der Waals surface area contributed by atoms with Crippen LogP contribution < -0.4 is 5.32 Å². The SMILES string of the molecule is Cc1ccc([C@H]2C[C@@H](c3cc(NC(=O)Cc4ccc5ncccc5c4)n[nH]3)C2)cc1. The van der Waals surface area contributed by atoms with E-state index in [4.69, 9.17) is 0 Å². The molecule has 0 saturated heterocycles. The van der Waals surface area contributed by atoms with Crippen molar-refractivity contribution in [2.24, 2.45) is 0 Å². The number of fused-ring (bicyclic) bond motifs is 1. The van der Waals surface area contributed by atoms with E-state index in [0.29, 0.717) is 24.1 Å². The molecule has 0 aliphatic heterocycles. The molecule has 2 N–H and O–H groups in total. The molecule has 2 heterocycles. The van der Waals surface area contributed by atoms with Crippen LogP contribution >= 0.6 is 0 Å². The topological polar surface area (TPSA) is 70.7 Å². The van der Waals surface area contributed by atoms with Gasteiger partial charge in [-0.25, -0.2) is 0 Å². The van der Waals surface area contributed by atoms with Gasteiger partial charge in [-0.3, -0.25) is 14.9 Å². The summed E-state index contributed by atoms with van der Waals surface area (Å²) in [6, 6.07) is 20.6. The van der Waals surface area contributed by atoms with E-state index < -0.39 is 0 Å². The number of rotatable bonds is 5. The first-order valence-corrected chi connectivity index (χ1v) is 10.4. The highest BCUT2D eigenvalue weighted by Crippen LogP contribution is 2.47. The Morgan fingerprint density at radius 1 is 1.07 bits per heavy atom. The second-order valence-electron chi connectivity index (χ2n) is 8.24. The molecule has 1 aliphatic carbocycles. The van der Waals surface area contributed by atoms with Crippen LogP contribution in [-0.4, -0.2) is 21.1 Å². The standard InChI is InChI=1S/C25H24N4O/c1-16-4-7-18(8-5-16)20-13-21(14-20)23-15-24(29-28-23)27-25(30)12-17-6-9-22-19(11-17)3-2-10-26-22/h2-11,15,20-21H,12-14H2,1H3,(H2,27,28,29,30)/t20-,21+. The molecular formula is C25H24N4O. The molecule has 0 spiro atoms. The van der Waals surface area contributed by atoms with Crippen molar-refractivity contribution < 1.29 is 4.79 Å². The number of aryl methyl sites for hydroxylation is 1. The minimum absolute atomic E-state index is 0.0672. The van der Waals surface area contributed by atoms with Gasteiger partial charge in [0, 0.05) is 29.3 Å². The average molecular weight is 396 g/mol. The van der Waals surface area contributed by atoms with Gasteiger partial charge in [0.25, 0.3) is 0 Å². The van der Waals surface area contributed by atoms with Crippen LogP contribution in [0.3, 0.4) is 0 Å². The van der Waals surface area contributed by atoms with Crippen molar-refractivity contribution in [1.29, 1.82) is 0 Å². The summed E-state index contributed by atoms with van der Waals surface area (Å²) in [5.41, 5.74) is 5.71. The molecule has 1 amide bonds. The van der Waals surface area contributed by atoms with Crippen LogP contribution in [0.25, 0.3) is 10.9 Å². The zero-order chi connectivity index (χ0) is 20.5. The van der Waals surface area contributed by atoms with Gasteiger partial charge in [-0.2, -0.15) is 5.10 Å². The molecule has 5 heteroatoms. The van der Waals surface area contributed by atoms with E-state index >= 15 is 0 Å². The zero-order valence-corrected chi connectivity index (χ0v) is 16.9. The van der Waals surface area contributed by atoms with Crippen LogP contribution in [0, 0.1) is 6.92 Å². The number of amides is 1. The summed E-state index contributed by atoms with van der Waals surface area (Å²) < 4.78 is 0. The maximum atomic E-state index is 12.5. The number of hydrogen-bond acceptors (Lipinski definition) is 3. The Morgan fingerprint density at radius 3 is 2.73 bits per heavy atom. The van der Waals surface area contributed by atoms with Crippen molar-refractivity contribution in [3.05, 3.63) is 89.2 Å². The summed E-state index contributed by atoms with van der Waals surface area (Å²) in [5, 5.41) is 11.4. The van der Waals surface area contributed by atoms with Crippen LogP contribution in [0.5, 0.6) is 0 Å². The van der Waals surface area contributed by atoms with Crippen molar-refractivity contribution in [2.45, 2.75) is 38.0 Å². The van der Waals surface area contributed by atoms with Gasteiger partial charge in [0.05, 0.1) is 11.9 Å². The molecule has 4 aromatic rings. The first-order chi connectivity index (χ1) is 14.6. The Balaban J connectivity index is 1.17. The number of nitrogens with zero attached hydrogens (tertiary/aromatic N) is 2. The molecule has 2 aromatic carbocycles. The third-order valence-corrected chi connectivity index (χ3v) is 6.02. The van der Waals surface area contributed by atoms with Crippen LogP contribution in [0.15, 0.2) is 66.9 Å². The normalized spacial score (nSPS) is 18.2. The van der Waals surface area contributed by atoms with E-state index in [0.717, 1.165) is 35.0 Å². The second kappa shape index (κ2) is 7.75. The molecule has 0 unspecified atom stereocenters. The van der Waals surface area contributed by atoms with Crippen molar-refractivity contribution in [2.75, 3.05) is 5.32 Å². The number of carbonyl (C=O) groups is 1. The third-order valence-electron chi connectivity index (χ3n) is 6.02. The number of hydrogen-bond donors (Lipinski definition) is 2. The van der Waals surface area contributed by atoms with Crippen molar-refractivity contribution in [1.82, 2.24) is 15.2 Å². The summed E-state index contributed by atoms with van der Waals surface area (Å²) >= 11 is 0. The lowest BCUT2D eigenvalue weighted by molar-refractivity contribution is -0.115. The molecule has 30 heavy (non-hydrogen) atoms. The lowest BCUT2D eigenvalue weighted by Crippen LogP contribution is -2.20. The number of nitrogens with one attached hydrogen (secondary N) is 2. The Hall–Kier alpha value is -3.47. The fourth-order valence-corrected chi connectivity index (χ4v) is 4.20. The molecule has 0 radical (unpaired) electrons. The van der Waals surface area contributed by atoms with Gasteiger partial charge in [0.2, 0.25) is 5.91 Å². The van der Waals surface area contributed by atoms with Gasteiger partial charge in [-0.05, 0) is 55.0 Å². The van der Waals surface area contributed by atoms with Crippen molar-refractivity contribution >= 4 is 22.6 Å². The Labute approximate surface area is 175 Å². The lowest BCUT2D eigenvalue weighted by Gasteiger charge is -2.35. The zero-order valence-electron chi connectivity index (χ0n) is 16.9. The first-order valence-electron chi connectivity index (χ1n) is 10.4. The highest BCUT2D eigenvalue weighted by atomic mass is 16.1. The average Bonchev–Trinajstić information content (AvgIpc) is 3.16. The van der Waals surface area contributed by atoms with Crippen molar-refractivity contribution in [3.63, 3.8) is 0 Å². The third kappa shape index (κ3) is 3.83. The van der Waals surface area contributed by atoms with E-state index in [-0.39, 0.29) is 5.91 Å². The predicted octanol–water partition coefficient (Wildman–Crippen LogP) is 5.11. The number of carbonyl (C=O) groups excluding carboxylic acids is 1. The van der Waals surface area contributed by atoms with Crippen LogP contribution in [0.1, 0.15) is 47.1 Å². The monoisotopic (exact) mass is 396 g/mol. The van der Waals surface area contributed by atoms with E-state index in [9.17, 15) is 4.79 Å². The summed E-state index contributed by atoms with van der Waals surface area (Å²) in [7, 11) is 0. The van der Waals surface area contributed by atoms with Crippen molar-refractivity contribution in [3.8, 4) is 0 Å². The quantitative estimate of drug-likeness (QED) is 0.492. The molecule has 0 atom stereocenters. The van der Waals surface area contributed by atoms with E-state index in [1.54, 1.807) is 6.20 Å². The smallest absolute Gasteiger partial charge is 0.229 e. The van der Waals surface area contributed by atoms with Gasteiger partial charge >= 0.3 is 0 Å². The fourth-order valence-electron chi connectivity index (χ4n) is 4.20. The second-order valence-corrected chi connectivity index (χ2v) is 8.24. The maximum absolute atomic E-state index is 12.5. The molecule has 0 bridgehead atoms. The number of H-pyrrole nitrogens is 1. The molecule has 2 aromatic heterocycles. The molecule has 5 rings (SSSR count). The Morgan fingerprint density at radius 2 is 1.90 bits per heavy atom. The van der Waals surface area contributed by atoms with Gasteiger partial charge < -0.3 is 5.32 Å². The number of aromatic nitrogens is 3. The minimum atomic E-state index is -0.0672. The van der Waals surface area contributed by atoms with E-state index in [1.165, 1.54) is 11.1 Å². The lowest BCUT2D eigenvalue weighted by atomic mass is 9.70. The summed E-state index contributed by atoms with van der Waals surface area (Å²) in [4.78, 5) is 16.8. The number of pyridine rings is 1. The number of anilines is 1. The molecule has 1 fully saturated rings. The van der Waals surface area contributed by atoms with Gasteiger partial charge in [0.1, 0.15) is 0 Å². The molecular weight excluding hydrogens is 372 g/mol. The predicted molar refractivity (Wildman–Crippen MR) is 119 cm³/mol. The van der Waals surface area contributed by atoms with Crippen LogP contribution in [-0.2, 0) is 11.2 Å². The highest BCUT2D eigenvalue weighted by Gasteiger charge is 2.32. The van der Waals surface area contributed by atoms with E-state index in [1.807, 2.05) is 36.4 Å². The maximum Gasteiger partial charge on any atom is 0.229 e. The summed E-state index contributed by atoms with van der Waals surface area (Å²) in [6.45, 7) is 2.12. The summed E-state index contributed by atoms with van der Waals surface area (Å²) in [6.07, 6.45) is 4.31. The molecule has 1 aliphatic rings. The first kappa shape index (κ1) is 18.6. The number of aromatic amines is 1. The number of benzene rings is 2. The van der Waals surface area contributed by atoms with Gasteiger partial charge in [-0.15, -0.1) is 0 Å². The van der Waals surface area contributed by atoms with E-state index in [2.05, 4.69) is 51.7 Å². The Bertz CT molecular complexity index is 1190.